The van der Waals surface area contributed by atoms with Crippen LogP contribution in [0.25, 0.3) is 0 Å². The van der Waals surface area contributed by atoms with Crippen molar-refractivity contribution in [2.75, 3.05) is 18.4 Å². The number of rotatable bonds is 5. The van der Waals surface area contributed by atoms with Crippen LogP contribution in [0.5, 0.6) is 0 Å². The largest absolute Gasteiger partial charge is 0.349 e. The van der Waals surface area contributed by atoms with Gasteiger partial charge in [0.15, 0.2) is 0 Å². The summed E-state index contributed by atoms with van der Waals surface area (Å²) in [6.45, 7) is 0.876. The molecule has 0 radical (unpaired) electrons. The van der Waals surface area contributed by atoms with Gasteiger partial charge in [-0.25, -0.2) is 4.39 Å². The zero-order valence-electron chi connectivity index (χ0n) is 16.6. The molecule has 2 aromatic carbocycles. The van der Waals surface area contributed by atoms with Crippen molar-refractivity contribution in [2.45, 2.75) is 31.7 Å². The van der Waals surface area contributed by atoms with Crippen molar-refractivity contribution >= 4 is 23.4 Å². The number of nitrogens with zero attached hydrogens (tertiary/aromatic N) is 1. The summed E-state index contributed by atoms with van der Waals surface area (Å²) < 4.78 is 13.1. The van der Waals surface area contributed by atoms with E-state index in [0.29, 0.717) is 36.3 Å². The fraction of sp³-hybridized carbons (Fsp3) is 0.348. The molecule has 1 unspecified atom stereocenters. The first-order valence-electron chi connectivity index (χ1n) is 10.3. The van der Waals surface area contributed by atoms with Crippen LogP contribution in [-0.4, -0.2) is 41.8 Å². The van der Waals surface area contributed by atoms with Gasteiger partial charge in [-0.2, -0.15) is 0 Å². The van der Waals surface area contributed by atoms with Crippen LogP contribution >= 0.6 is 0 Å². The number of hydrogen-bond donors (Lipinski definition) is 2. The van der Waals surface area contributed by atoms with Crippen molar-refractivity contribution < 1.29 is 18.8 Å². The van der Waals surface area contributed by atoms with E-state index in [-0.39, 0.29) is 29.7 Å². The molecule has 2 fully saturated rings. The minimum atomic E-state index is -0.393. The normalized spacial score (nSPS) is 18.6. The number of likely N-dealkylation sites (tertiary alicyclic amines) is 1. The van der Waals surface area contributed by atoms with E-state index in [2.05, 4.69) is 10.6 Å². The Morgan fingerprint density at radius 3 is 2.47 bits per heavy atom. The van der Waals surface area contributed by atoms with Gasteiger partial charge in [0.2, 0.25) is 5.91 Å². The number of benzene rings is 2. The first-order chi connectivity index (χ1) is 14.5. The van der Waals surface area contributed by atoms with Crippen LogP contribution in [-0.2, 0) is 4.79 Å². The summed E-state index contributed by atoms with van der Waals surface area (Å²) >= 11 is 0. The van der Waals surface area contributed by atoms with E-state index in [4.69, 9.17) is 0 Å². The van der Waals surface area contributed by atoms with Crippen LogP contribution in [0.4, 0.5) is 10.1 Å². The van der Waals surface area contributed by atoms with E-state index in [9.17, 15) is 18.8 Å². The number of carbonyl (C=O) groups is 3. The van der Waals surface area contributed by atoms with Crippen LogP contribution < -0.4 is 10.6 Å². The monoisotopic (exact) mass is 409 g/mol. The molecule has 0 aromatic heterocycles. The van der Waals surface area contributed by atoms with E-state index in [1.165, 1.54) is 24.3 Å². The summed E-state index contributed by atoms with van der Waals surface area (Å²) in [5.41, 5.74) is 1.48. The number of anilines is 1. The lowest BCUT2D eigenvalue weighted by atomic mass is 9.96. The van der Waals surface area contributed by atoms with Gasteiger partial charge in [0, 0.05) is 35.9 Å². The number of piperidine rings is 1. The molecular formula is C23H24FN3O3. The second kappa shape index (κ2) is 8.65. The lowest BCUT2D eigenvalue weighted by Crippen LogP contribution is -2.43. The molecule has 156 valence electrons. The average molecular weight is 409 g/mol. The maximum Gasteiger partial charge on any atom is 0.253 e. The van der Waals surface area contributed by atoms with Gasteiger partial charge in [-0.3, -0.25) is 14.4 Å². The van der Waals surface area contributed by atoms with Crippen LogP contribution in [0, 0.1) is 11.7 Å². The maximum atomic E-state index is 13.1. The van der Waals surface area contributed by atoms with Gasteiger partial charge in [0.1, 0.15) is 5.82 Å². The highest BCUT2D eigenvalue weighted by Gasteiger charge is 2.29. The fourth-order valence-corrected chi connectivity index (χ4v) is 3.63. The molecule has 1 saturated carbocycles. The minimum absolute atomic E-state index is 0.137. The van der Waals surface area contributed by atoms with E-state index < -0.39 is 5.82 Å². The van der Waals surface area contributed by atoms with Crippen molar-refractivity contribution in [2.24, 2.45) is 5.92 Å². The number of amides is 3. The zero-order chi connectivity index (χ0) is 21.1. The fourth-order valence-electron chi connectivity index (χ4n) is 3.63. The van der Waals surface area contributed by atoms with Crippen LogP contribution in [0.1, 0.15) is 46.4 Å². The molecule has 1 aliphatic heterocycles. The predicted molar refractivity (Wildman–Crippen MR) is 111 cm³/mol. The van der Waals surface area contributed by atoms with Gasteiger partial charge in [0.05, 0.1) is 5.92 Å². The molecule has 1 aliphatic carbocycles. The molecule has 4 rings (SSSR count). The van der Waals surface area contributed by atoms with Gasteiger partial charge in [-0.1, -0.05) is 6.07 Å². The summed E-state index contributed by atoms with van der Waals surface area (Å²) in [6.07, 6.45) is 3.42. The van der Waals surface area contributed by atoms with E-state index in [1.807, 2.05) is 0 Å². The molecule has 7 heteroatoms. The summed E-state index contributed by atoms with van der Waals surface area (Å²) in [7, 11) is 0. The number of nitrogens with one attached hydrogen (secondary N) is 2. The SMILES string of the molecule is O=C(NC1CC1)c1cccc(NC(=O)C2CCCN(C(=O)c3ccc(F)cc3)C2)c1. The standard InChI is InChI=1S/C23H24FN3O3/c24-18-8-6-15(7-9-18)23(30)27-12-2-4-17(14-27)22(29)26-20-5-1-3-16(13-20)21(28)25-19-10-11-19/h1,3,5-9,13,17,19H,2,4,10-12,14H2,(H,25,28)(H,26,29). The smallest absolute Gasteiger partial charge is 0.253 e. The molecule has 30 heavy (non-hydrogen) atoms. The summed E-state index contributed by atoms with van der Waals surface area (Å²) in [6, 6.07) is 12.6. The molecule has 6 nitrogen and oxygen atoms in total. The van der Waals surface area contributed by atoms with E-state index in [1.54, 1.807) is 29.2 Å². The minimum Gasteiger partial charge on any atom is -0.349 e. The molecule has 2 aromatic rings. The zero-order valence-corrected chi connectivity index (χ0v) is 16.6. The first kappa shape index (κ1) is 20.1. The highest BCUT2D eigenvalue weighted by molar-refractivity contribution is 5.98. The van der Waals surface area contributed by atoms with Gasteiger partial charge in [0.25, 0.3) is 11.8 Å². The Kier molecular flexibility index (Phi) is 5.79. The summed E-state index contributed by atoms with van der Waals surface area (Å²) in [5, 5.41) is 5.81. The molecule has 3 amide bonds. The van der Waals surface area contributed by atoms with E-state index in [0.717, 1.165) is 19.3 Å². The van der Waals surface area contributed by atoms with Gasteiger partial charge in [-0.05, 0) is 68.1 Å². The molecule has 1 atom stereocenters. The van der Waals surface area contributed by atoms with Gasteiger partial charge < -0.3 is 15.5 Å². The van der Waals surface area contributed by atoms with Crippen LogP contribution in [0.2, 0.25) is 0 Å². The van der Waals surface area contributed by atoms with Crippen molar-refractivity contribution in [3.8, 4) is 0 Å². The third-order valence-electron chi connectivity index (χ3n) is 5.48. The van der Waals surface area contributed by atoms with Gasteiger partial charge >= 0.3 is 0 Å². The van der Waals surface area contributed by atoms with Crippen LogP contribution in [0.3, 0.4) is 0 Å². The van der Waals surface area contributed by atoms with Crippen LogP contribution in [0.15, 0.2) is 48.5 Å². The molecule has 1 saturated heterocycles. The van der Waals surface area contributed by atoms with Gasteiger partial charge in [-0.15, -0.1) is 0 Å². The van der Waals surface area contributed by atoms with Crippen molar-refractivity contribution in [3.05, 3.63) is 65.5 Å². The molecule has 0 spiro atoms. The summed E-state index contributed by atoms with van der Waals surface area (Å²) in [5.74, 6) is -1.25. The summed E-state index contributed by atoms with van der Waals surface area (Å²) in [4.78, 5) is 39.3. The Labute approximate surface area is 174 Å². The predicted octanol–water partition coefficient (Wildman–Crippen LogP) is 3.21. The molecule has 1 heterocycles. The Morgan fingerprint density at radius 2 is 1.73 bits per heavy atom. The Bertz CT molecular complexity index is 956. The second-order valence-electron chi connectivity index (χ2n) is 7.92. The van der Waals surface area contributed by atoms with E-state index >= 15 is 0 Å². The number of halogens is 1. The first-order valence-corrected chi connectivity index (χ1v) is 10.3. The molecule has 2 N–H and O–H groups in total. The molecular weight excluding hydrogens is 385 g/mol. The highest BCUT2D eigenvalue weighted by atomic mass is 19.1. The maximum absolute atomic E-state index is 13.1. The topological polar surface area (TPSA) is 78.5 Å². The number of hydrogen-bond acceptors (Lipinski definition) is 3. The Hall–Kier alpha value is -3.22. The van der Waals surface area contributed by atoms with Crippen molar-refractivity contribution in [3.63, 3.8) is 0 Å². The molecule has 0 bridgehead atoms. The Balaban J connectivity index is 1.38. The van der Waals surface area contributed by atoms with Crippen molar-refractivity contribution in [1.82, 2.24) is 10.2 Å². The Morgan fingerprint density at radius 1 is 0.967 bits per heavy atom. The number of carbonyl (C=O) groups excluding carboxylic acids is 3. The third-order valence-corrected chi connectivity index (χ3v) is 5.48. The lowest BCUT2D eigenvalue weighted by molar-refractivity contribution is -0.121. The average Bonchev–Trinajstić information content (AvgIpc) is 3.58. The second-order valence-corrected chi connectivity index (χ2v) is 7.92. The highest BCUT2D eigenvalue weighted by Crippen LogP contribution is 2.22. The quantitative estimate of drug-likeness (QED) is 0.796. The third kappa shape index (κ3) is 4.84. The lowest BCUT2D eigenvalue weighted by Gasteiger charge is -2.32. The van der Waals surface area contributed by atoms with Crippen molar-refractivity contribution in [1.29, 1.82) is 0 Å². The molecule has 2 aliphatic rings.